The molecule has 0 aliphatic heterocycles. The Hall–Kier alpha value is -3.41. The number of nitrogens with one attached hydrogen (secondary N) is 1. The van der Waals surface area contributed by atoms with Gasteiger partial charge in [0, 0.05) is 11.1 Å². The molecule has 0 radical (unpaired) electrons. The number of phenolic OH excluding ortho intramolecular Hbond substituents is 1. The van der Waals surface area contributed by atoms with E-state index in [1.807, 2.05) is 13.8 Å². The zero-order valence-electron chi connectivity index (χ0n) is 13.5. The Morgan fingerprint density at radius 2 is 1.88 bits per heavy atom. The summed E-state index contributed by atoms with van der Waals surface area (Å²) in [5.41, 5.74) is 4.50. The highest BCUT2D eigenvalue weighted by molar-refractivity contribution is 6.27. The molecule has 1 aromatic carbocycles. The average molecular weight is 331 g/mol. The lowest BCUT2D eigenvalue weighted by molar-refractivity contribution is 0.104. The minimum atomic E-state index is -0.0973. The molecule has 5 rings (SSSR count). The van der Waals surface area contributed by atoms with Gasteiger partial charge in [-0.25, -0.2) is 4.98 Å². The van der Waals surface area contributed by atoms with Crippen molar-refractivity contribution in [2.45, 2.75) is 13.8 Å². The largest absolute Gasteiger partial charge is 0.508 e. The molecule has 4 aromatic rings. The van der Waals surface area contributed by atoms with Crippen LogP contribution in [0.3, 0.4) is 0 Å². The second-order valence-electron chi connectivity index (χ2n) is 6.22. The number of nitrogens with zero attached hydrogens (tertiary/aromatic N) is 2. The first-order valence-electron chi connectivity index (χ1n) is 7.88. The van der Waals surface area contributed by atoms with Gasteiger partial charge in [0.15, 0.2) is 11.4 Å². The molecule has 122 valence electrons. The van der Waals surface area contributed by atoms with Crippen molar-refractivity contribution in [3.63, 3.8) is 0 Å². The van der Waals surface area contributed by atoms with E-state index in [0.717, 1.165) is 22.2 Å². The molecule has 3 heterocycles. The van der Waals surface area contributed by atoms with Crippen LogP contribution >= 0.6 is 0 Å². The highest BCUT2D eigenvalue weighted by Gasteiger charge is 2.37. The second-order valence-corrected chi connectivity index (χ2v) is 6.22. The maximum atomic E-state index is 13.1. The Bertz CT molecular complexity index is 1180. The number of carbonyl (C=O) groups excluding carboxylic acids is 1. The van der Waals surface area contributed by atoms with Gasteiger partial charge < -0.3 is 9.52 Å². The molecule has 1 aliphatic rings. The van der Waals surface area contributed by atoms with E-state index < -0.39 is 0 Å². The fourth-order valence-corrected chi connectivity index (χ4v) is 3.49. The van der Waals surface area contributed by atoms with Crippen LogP contribution in [0.2, 0.25) is 0 Å². The van der Waals surface area contributed by atoms with E-state index in [-0.39, 0.29) is 11.5 Å². The summed E-state index contributed by atoms with van der Waals surface area (Å²) in [6.07, 6.45) is 0. The number of phenols is 1. The number of carbonyl (C=O) groups is 1. The number of pyridine rings is 1. The van der Waals surface area contributed by atoms with Crippen LogP contribution in [0.15, 0.2) is 34.7 Å². The SMILES string of the molecule is Cc1cc2c(o1)-c1c(c(-c3ccc(O)cc3)nc3[nH]nc(C)c13)C2=O. The third kappa shape index (κ3) is 1.76. The molecular formula is C19H13N3O3. The number of aromatic nitrogens is 3. The van der Waals surface area contributed by atoms with Gasteiger partial charge in [0.1, 0.15) is 17.3 Å². The minimum Gasteiger partial charge on any atom is -0.508 e. The molecule has 0 unspecified atom stereocenters. The first kappa shape index (κ1) is 14.0. The molecule has 0 saturated heterocycles. The number of hydrogen-bond acceptors (Lipinski definition) is 5. The number of H-pyrrole nitrogens is 1. The second kappa shape index (κ2) is 4.57. The van der Waals surface area contributed by atoms with E-state index >= 15 is 0 Å². The van der Waals surface area contributed by atoms with Gasteiger partial charge in [-0.2, -0.15) is 5.10 Å². The van der Waals surface area contributed by atoms with E-state index in [1.165, 1.54) is 0 Å². The normalized spacial score (nSPS) is 12.6. The Morgan fingerprint density at radius 3 is 2.64 bits per heavy atom. The number of furan rings is 1. The van der Waals surface area contributed by atoms with E-state index in [0.29, 0.717) is 34.0 Å². The van der Waals surface area contributed by atoms with Crippen LogP contribution in [0.1, 0.15) is 27.4 Å². The highest BCUT2D eigenvalue weighted by Crippen LogP contribution is 2.46. The molecule has 3 aromatic heterocycles. The summed E-state index contributed by atoms with van der Waals surface area (Å²) in [6, 6.07) is 8.40. The number of benzene rings is 1. The number of rotatable bonds is 1. The summed E-state index contributed by atoms with van der Waals surface area (Å²) >= 11 is 0. The zero-order chi connectivity index (χ0) is 17.3. The number of aromatic amines is 1. The number of fused-ring (bicyclic) bond motifs is 5. The first-order valence-corrected chi connectivity index (χ1v) is 7.88. The van der Waals surface area contributed by atoms with Gasteiger partial charge in [-0.3, -0.25) is 9.89 Å². The Balaban J connectivity index is 1.93. The topological polar surface area (TPSA) is 92.0 Å². The molecule has 0 bridgehead atoms. The number of hydrogen-bond donors (Lipinski definition) is 2. The van der Waals surface area contributed by atoms with Gasteiger partial charge >= 0.3 is 0 Å². The standard InChI is InChI=1S/C19H13N3O3/c1-8-7-12-17(24)15-14(18(12)25-8)13-9(2)21-22-19(13)20-16(15)10-3-5-11(23)6-4-10/h3-7,23H,1-2H3,(H,20,21,22). The molecule has 0 atom stereocenters. The predicted molar refractivity (Wildman–Crippen MR) is 91.6 cm³/mol. The van der Waals surface area contributed by atoms with E-state index in [9.17, 15) is 9.90 Å². The van der Waals surface area contributed by atoms with Crippen molar-refractivity contribution in [2.24, 2.45) is 0 Å². The third-order valence-corrected chi connectivity index (χ3v) is 4.58. The lowest BCUT2D eigenvalue weighted by Gasteiger charge is -2.09. The maximum absolute atomic E-state index is 13.1. The van der Waals surface area contributed by atoms with Crippen LogP contribution in [0.25, 0.3) is 33.6 Å². The molecule has 1 aliphatic carbocycles. The maximum Gasteiger partial charge on any atom is 0.199 e. The Morgan fingerprint density at radius 1 is 1.12 bits per heavy atom. The van der Waals surface area contributed by atoms with Crippen molar-refractivity contribution >= 4 is 16.8 Å². The summed E-state index contributed by atoms with van der Waals surface area (Å²) < 4.78 is 5.84. The van der Waals surface area contributed by atoms with Crippen molar-refractivity contribution in [3.05, 3.63) is 52.9 Å². The summed E-state index contributed by atoms with van der Waals surface area (Å²) in [7, 11) is 0. The van der Waals surface area contributed by atoms with Gasteiger partial charge in [-0.15, -0.1) is 0 Å². The van der Waals surface area contributed by atoms with Crippen molar-refractivity contribution < 1.29 is 14.3 Å². The quantitative estimate of drug-likeness (QED) is 0.488. The predicted octanol–water partition coefficient (Wildman–Crippen LogP) is 3.75. The molecule has 0 saturated carbocycles. The Labute approximate surface area is 142 Å². The van der Waals surface area contributed by atoms with Crippen molar-refractivity contribution in [1.82, 2.24) is 15.2 Å². The van der Waals surface area contributed by atoms with Crippen molar-refractivity contribution in [1.29, 1.82) is 0 Å². The molecule has 2 N–H and O–H groups in total. The van der Waals surface area contributed by atoms with Crippen LogP contribution in [-0.2, 0) is 0 Å². The van der Waals surface area contributed by atoms with Crippen LogP contribution in [0.5, 0.6) is 5.75 Å². The van der Waals surface area contributed by atoms with Gasteiger partial charge in [0.05, 0.1) is 27.9 Å². The molecular weight excluding hydrogens is 318 g/mol. The number of ketones is 1. The molecule has 0 fully saturated rings. The fraction of sp³-hybridized carbons (Fsp3) is 0.105. The summed E-state index contributed by atoms with van der Waals surface area (Å²) in [6.45, 7) is 3.70. The zero-order valence-corrected chi connectivity index (χ0v) is 13.5. The molecule has 0 spiro atoms. The fourth-order valence-electron chi connectivity index (χ4n) is 3.49. The van der Waals surface area contributed by atoms with Gasteiger partial charge in [0.25, 0.3) is 0 Å². The lowest BCUT2D eigenvalue weighted by atomic mass is 9.98. The van der Waals surface area contributed by atoms with Crippen molar-refractivity contribution in [2.75, 3.05) is 0 Å². The van der Waals surface area contributed by atoms with E-state index in [1.54, 1.807) is 30.3 Å². The van der Waals surface area contributed by atoms with Crippen molar-refractivity contribution in [3.8, 4) is 28.3 Å². The number of aromatic hydroxyl groups is 1. The average Bonchev–Trinajstić information content (AvgIpc) is 3.23. The summed E-state index contributed by atoms with van der Waals surface area (Å²) in [4.78, 5) is 17.7. The molecule has 6 nitrogen and oxygen atoms in total. The first-order chi connectivity index (χ1) is 12.0. The van der Waals surface area contributed by atoms with Crippen LogP contribution in [0.4, 0.5) is 0 Å². The van der Waals surface area contributed by atoms with Crippen LogP contribution in [0, 0.1) is 13.8 Å². The number of aryl methyl sites for hydroxylation is 2. The van der Waals surface area contributed by atoms with E-state index in [4.69, 9.17) is 4.42 Å². The third-order valence-electron chi connectivity index (χ3n) is 4.58. The smallest absolute Gasteiger partial charge is 0.199 e. The van der Waals surface area contributed by atoms with Gasteiger partial charge in [-0.05, 0) is 44.2 Å². The van der Waals surface area contributed by atoms with Gasteiger partial charge in [0.2, 0.25) is 0 Å². The van der Waals surface area contributed by atoms with E-state index in [2.05, 4.69) is 15.2 Å². The highest BCUT2D eigenvalue weighted by atomic mass is 16.3. The van der Waals surface area contributed by atoms with Gasteiger partial charge in [-0.1, -0.05) is 0 Å². The minimum absolute atomic E-state index is 0.0973. The Kier molecular flexibility index (Phi) is 2.55. The summed E-state index contributed by atoms with van der Waals surface area (Å²) in [5.74, 6) is 1.34. The summed E-state index contributed by atoms with van der Waals surface area (Å²) in [5, 5.41) is 17.5. The lowest BCUT2D eigenvalue weighted by Crippen LogP contribution is -2.01. The molecule has 6 heteroatoms. The van der Waals surface area contributed by atoms with Crippen LogP contribution in [-0.4, -0.2) is 26.1 Å². The van der Waals surface area contributed by atoms with Crippen LogP contribution < -0.4 is 0 Å². The molecule has 25 heavy (non-hydrogen) atoms. The molecule has 0 amide bonds. The monoisotopic (exact) mass is 331 g/mol.